The van der Waals surface area contributed by atoms with E-state index in [-0.39, 0.29) is 24.1 Å². The molecule has 0 amide bonds. The molecule has 0 saturated heterocycles. The molecule has 0 radical (unpaired) electrons. The predicted molar refractivity (Wildman–Crippen MR) is 147 cm³/mol. The van der Waals surface area contributed by atoms with E-state index in [0.717, 1.165) is 14.7 Å². The smallest absolute Gasteiger partial charge is 0.309 e. The average Bonchev–Trinajstić information content (AvgIpc) is 2.80. The normalized spacial score (nSPS) is 10.8. The lowest BCUT2D eigenvalue weighted by molar-refractivity contribution is -0.139. The van der Waals surface area contributed by atoms with Crippen molar-refractivity contribution in [3.8, 4) is 17.2 Å². The van der Waals surface area contributed by atoms with E-state index >= 15 is 0 Å². The van der Waals surface area contributed by atoms with Gasteiger partial charge in [-0.2, -0.15) is 0 Å². The largest absolute Gasteiger partial charge is 0.496 e. The molecule has 5 nitrogen and oxygen atoms in total. The van der Waals surface area contributed by atoms with E-state index in [1.54, 1.807) is 31.4 Å². The van der Waals surface area contributed by atoms with Gasteiger partial charge in [-0.05, 0) is 102 Å². The standard InChI is InChI=1S/C26H23Br2IO5/c1-14(2)18-12-23(34-26-20(27)8-15(9-21(26)28)10-24(30)33-4)19(13-22(18)32-3)25(31)16-6-5-7-17(29)11-16/h5-9,11-14H,10H2,1-4H3. The molecule has 0 spiro atoms. The summed E-state index contributed by atoms with van der Waals surface area (Å²) in [5.74, 6) is 1.17. The van der Waals surface area contributed by atoms with Crippen LogP contribution < -0.4 is 9.47 Å². The summed E-state index contributed by atoms with van der Waals surface area (Å²) in [6.07, 6.45) is 0.129. The lowest BCUT2D eigenvalue weighted by Crippen LogP contribution is -2.07. The highest BCUT2D eigenvalue weighted by atomic mass is 127. The third-order valence-corrected chi connectivity index (χ3v) is 6.98. The summed E-state index contributed by atoms with van der Waals surface area (Å²) in [5.41, 5.74) is 2.63. The molecule has 0 bridgehead atoms. The molecule has 0 aliphatic rings. The van der Waals surface area contributed by atoms with Crippen molar-refractivity contribution in [3.05, 3.63) is 83.3 Å². The van der Waals surface area contributed by atoms with Crippen molar-refractivity contribution in [2.24, 2.45) is 0 Å². The van der Waals surface area contributed by atoms with Crippen molar-refractivity contribution in [1.29, 1.82) is 0 Å². The Morgan fingerprint density at radius 3 is 2.21 bits per heavy atom. The Labute approximate surface area is 229 Å². The highest BCUT2D eigenvalue weighted by molar-refractivity contribution is 14.1. The first-order chi connectivity index (χ1) is 16.1. The highest BCUT2D eigenvalue weighted by Gasteiger charge is 2.22. The van der Waals surface area contributed by atoms with Gasteiger partial charge in [-0.1, -0.05) is 26.0 Å². The van der Waals surface area contributed by atoms with Gasteiger partial charge in [-0.3, -0.25) is 9.59 Å². The van der Waals surface area contributed by atoms with Gasteiger partial charge in [0.2, 0.25) is 0 Å². The van der Waals surface area contributed by atoms with Crippen LogP contribution in [0.3, 0.4) is 0 Å². The van der Waals surface area contributed by atoms with E-state index in [2.05, 4.69) is 68.3 Å². The summed E-state index contributed by atoms with van der Waals surface area (Å²) in [6.45, 7) is 4.10. The summed E-state index contributed by atoms with van der Waals surface area (Å²) in [6, 6.07) is 14.6. The zero-order valence-electron chi connectivity index (χ0n) is 19.1. The molecule has 0 unspecified atom stereocenters. The van der Waals surface area contributed by atoms with Gasteiger partial charge in [0, 0.05) is 14.7 Å². The van der Waals surface area contributed by atoms with E-state index in [9.17, 15) is 9.59 Å². The third kappa shape index (κ3) is 6.20. The Bertz CT molecular complexity index is 1220. The first-order valence-electron chi connectivity index (χ1n) is 10.4. The van der Waals surface area contributed by atoms with Crippen LogP contribution in [0.25, 0.3) is 0 Å². The average molecular weight is 702 g/mol. The van der Waals surface area contributed by atoms with Gasteiger partial charge < -0.3 is 14.2 Å². The van der Waals surface area contributed by atoms with E-state index in [4.69, 9.17) is 14.2 Å². The van der Waals surface area contributed by atoms with Gasteiger partial charge in [0.25, 0.3) is 0 Å². The molecular weight excluding hydrogens is 679 g/mol. The molecule has 178 valence electrons. The number of ketones is 1. The fourth-order valence-corrected chi connectivity index (χ4v) is 5.40. The van der Waals surface area contributed by atoms with Gasteiger partial charge in [0.05, 0.1) is 35.1 Å². The van der Waals surface area contributed by atoms with Crippen LogP contribution >= 0.6 is 54.5 Å². The summed E-state index contributed by atoms with van der Waals surface area (Å²) < 4.78 is 18.9. The van der Waals surface area contributed by atoms with Crippen LogP contribution in [-0.2, 0) is 16.0 Å². The number of carbonyl (C=O) groups is 2. The fourth-order valence-electron chi connectivity index (χ4n) is 3.41. The van der Waals surface area contributed by atoms with E-state index < -0.39 is 0 Å². The third-order valence-electron chi connectivity index (χ3n) is 5.13. The number of benzene rings is 3. The van der Waals surface area contributed by atoms with Gasteiger partial charge in [-0.15, -0.1) is 0 Å². The molecule has 0 heterocycles. The molecule has 0 aliphatic heterocycles. The summed E-state index contributed by atoms with van der Waals surface area (Å²) in [7, 11) is 2.95. The first-order valence-corrected chi connectivity index (χ1v) is 13.1. The van der Waals surface area contributed by atoms with Crippen LogP contribution in [0.15, 0.2) is 57.5 Å². The molecule has 0 fully saturated rings. The zero-order chi connectivity index (χ0) is 25.0. The number of methoxy groups -OCH3 is 2. The SMILES string of the molecule is COC(=O)Cc1cc(Br)c(Oc2cc(C(C)C)c(OC)cc2C(=O)c2cccc(I)c2)c(Br)c1. The Morgan fingerprint density at radius 2 is 1.65 bits per heavy atom. The molecule has 0 atom stereocenters. The van der Waals surface area contributed by atoms with E-state index in [0.29, 0.717) is 37.3 Å². The number of ether oxygens (including phenoxy) is 3. The molecule has 0 aromatic heterocycles. The molecule has 0 saturated carbocycles. The quantitative estimate of drug-likeness (QED) is 0.137. The lowest BCUT2D eigenvalue weighted by Gasteiger charge is -2.19. The summed E-state index contributed by atoms with van der Waals surface area (Å²) in [4.78, 5) is 25.2. The molecule has 3 aromatic rings. The molecule has 3 aromatic carbocycles. The van der Waals surface area contributed by atoms with Crippen molar-refractivity contribution in [2.75, 3.05) is 14.2 Å². The molecule has 0 N–H and O–H groups in total. The second kappa shape index (κ2) is 11.7. The minimum Gasteiger partial charge on any atom is -0.496 e. The number of carbonyl (C=O) groups excluding carboxylic acids is 2. The molecule has 0 aliphatic carbocycles. The molecule has 8 heteroatoms. The Morgan fingerprint density at radius 1 is 0.971 bits per heavy atom. The summed E-state index contributed by atoms with van der Waals surface area (Å²) in [5, 5.41) is 0. The van der Waals surface area contributed by atoms with Crippen molar-refractivity contribution >= 4 is 66.2 Å². The Hall–Kier alpha value is -1.91. The maximum Gasteiger partial charge on any atom is 0.309 e. The fraction of sp³-hybridized carbons (Fsp3) is 0.231. The van der Waals surface area contributed by atoms with Gasteiger partial charge >= 0.3 is 5.97 Å². The Kier molecular flexibility index (Phi) is 9.17. The minimum absolute atomic E-state index is 0.129. The van der Waals surface area contributed by atoms with Crippen molar-refractivity contribution in [1.82, 2.24) is 0 Å². The van der Waals surface area contributed by atoms with Gasteiger partial charge in [-0.25, -0.2) is 0 Å². The first kappa shape index (κ1) is 26.7. The van der Waals surface area contributed by atoms with E-state index in [1.165, 1.54) is 7.11 Å². The highest BCUT2D eigenvalue weighted by Crippen LogP contribution is 2.42. The van der Waals surface area contributed by atoms with Crippen LogP contribution in [-0.4, -0.2) is 26.0 Å². The van der Waals surface area contributed by atoms with Crippen LogP contribution in [0.5, 0.6) is 17.2 Å². The molecular formula is C26H23Br2IO5. The maximum absolute atomic E-state index is 13.5. The molecule has 3 rings (SSSR count). The maximum atomic E-state index is 13.5. The van der Waals surface area contributed by atoms with Crippen LogP contribution in [0.2, 0.25) is 0 Å². The summed E-state index contributed by atoms with van der Waals surface area (Å²) >= 11 is 9.26. The molecule has 34 heavy (non-hydrogen) atoms. The predicted octanol–water partition coefficient (Wildman–Crippen LogP) is 7.69. The van der Waals surface area contributed by atoms with Crippen LogP contribution in [0.4, 0.5) is 0 Å². The zero-order valence-corrected chi connectivity index (χ0v) is 24.4. The van der Waals surface area contributed by atoms with Gasteiger partial charge in [0.1, 0.15) is 11.5 Å². The second-order valence-corrected chi connectivity index (χ2v) is 10.8. The Balaban J connectivity index is 2.12. The minimum atomic E-state index is -0.338. The second-order valence-electron chi connectivity index (χ2n) is 7.83. The topological polar surface area (TPSA) is 61.8 Å². The number of hydrogen-bond acceptors (Lipinski definition) is 5. The number of hydrogen-bond donors (Lipinski definition) is 0. The van der Waals surface area contributed by atoms with Gasteiger partial charge in [0.15, 0.2) is 11.5 Å². The van der Waals surface area contributed by atoms with Crippen molar-refractivity contribution in [3.63, 3.8) is 0 Å². The van der Waals surface area contributed by atoms with Crippen LogP contribution in [0, 0.1) is 3.57 Å². The monoisotopic (exact) mass is 700 g/mol. The number of esters is 1. The number of rotatable bonds is 8. The van der Waals surface area contributed by atoms with Crippen LogP contribution in [0.1, 0.15) is 46.8 Å². The lowest BCUT2D eigenvalue weighted by atomic mass is 9.95. The number of halogens is 3. The van der Waals surface area contributed by atoms with E-state index in [1.807, 2.05) is 24.3 Å². The van der Waals surface area contributed by atoms with Crippen molar-refractivity contribution in [2.45, 2.75) is 26.2 Å². The van der Waals surface area contributed by atoms with Crippen molar-refractivity contribution < 1.29 is 23.8 Å².